The topological polar surface area (TPSA) is 87.5 Å². The molecule has 0 unspecified atom stereocenters. The number of anilines is 1. The Labute approximate surface area is 202 Å². The molecule has 4 aromatic rings. The number of fused-ring (bicyclic) bond motifs is 1. The number of nitrogens with one attached hydrogen (secondary N) is 1. The number of hydrogen-bond donors (Lipinski definition) is 1. The third kappa shape index (κ3) is 4.90. The fraction of sp³-hybridized carbons (Fsp3) is 0.136. The maximum atomic E-state index is 12.6. The Kier molecular flexibility index (Phi) is 6.08. The SMILES string of the molecule is O=C(Nc1ncn(Cc2c(Cl)cccc2Cl)n1)c1cc(COc2ccc3c(c2)OCO3)cs1. The molecule has 0 aliphatic carbocycles. The number of halogens is 2. The Morgan fingerprint density at radius 2 is 1.97 bits per heavy atom. The third-order valence-corrected chi connectivity index (χ3v) is 6.46. The first-order valence-corrected chi connectivity index (χ1v) is 11.4. The van der Waals surface area contributed by atoms with Crippen LogP contribution in [0.15, 0.2) is 54.2 Å². The van der Waals surface area contributed by atoms with Crippen LogP contribution in [0.5, 0.6) is 17.2 Å². The number of benzene rings is 2. The van der Waals surface area contributed by atoms with Crippen LogP contribution in [0, 0.1) is 0 Å². The summed E-state index contributed by atoms with van der Waals surface area (Å²) in [6.07, 6.45) is 1.51. The lowest BCUT2D eigenvalue weighted by molar-refractivity contribution is 0.102. The predicted molar refractivity (Wildman–Crippen MR) is 125 cm³/mol. The van der Waals surface area contributed by atoms with E-state index in [1.165, 1.54) is 17.7 Å². The van der Waals surface area contributed by atoms with Crippen molar-refractivity contribution in [2.75, 3.05) is 12.1 Å². The average Bonchev–Trinajstić information content (AvgIpc) is 3.55. The van der Waals surface area contributed by atoms with Gasteiger partial charge in [0.25, 0.3) is 5.91 Å². The normalized spacial score (nSPS) is 12.1. The average molecular weight is 503 g/mol. The summed E-state index contributed by atoms with van der Waals surface area (Å²) >= 11 is 13.7. The highest BCUT2D eigenvalue weighted by Gasteiger charge is 2.15. The molecular weight excluding hydrogens is 487 g/mol. The number of aromatic nitrogens is 3. The van der Waals surface area contributed by atoms with Crippen LogP contribution in [0.2, 0.25) is 10.0 Å². The van der Waals surface area contributed by atoms with Crippen molar-refractivity contribution in [3.63, 3.8) is 0 Å². The summed E-state index contributed by atoms with van der Waals surface area (Å²) in [7, 11) is 0. The first-order chi connectivity index (χ1) is 16.0. The van der Waals surface area contributed by atoms with E-state index in [0.717, 1.165) is 11.1 Å². The molecule has 1 aliphatic heterocycles. The quantitative estimate of drug-likeness (QED) is 0.371. The Hall–Kier alpha value is -3.27. The lowest BCUT2D eigenvalue weighted by Crippen LogP contribution is -2.12. The van der Waals surface area contributed by atoms with Crippen LogP contribution in [0.4, 0.5) is 5.95 Å². The van der Waals surface area contributed by atoms with Crippen molar-refractivity contribution in [2.45, 2.75) is 13.2 Å². The van der Waals surface area contributed by atoms with E-state index in [2.05, 4.69) is 15.4 Å². The molecule has 0 spiro atoms. The highest BCUT2D eigenvalue weighted by atomic mass is 35.5. The fourth-order valence-electron chi connectivity index (χ4n) is 3.14. The van der Waals surface area contributed by atoms with E-state index in [1.807, 2.05) is 11.4 Å². The number of carbonyl (C=O) groups is 1. The highest BCUT2D eigenvalue weighted by molar-refractivity contribution is 7.12. The smallest absolute Gasteiger partial charge is 0.268 e. The highest BCUT2D eigenvalue weighted by Crippen LogP contribution is 2.35. The van der Waals surface area contributed by atoms with Gasteiger partial charge >= 0.3 is 0 Å². The van der Waals surface area contributed by atoms with Gasteiger partial charge in [-0.2, -0.15) is 0 Å². The van der Waals surface area contributed by atoms with Gasteiger partial charge in [-0.1, -0.05) is 29.3 Å². The van der Waals surface area contributed by atoms with Crippen molar-refractivity contribution in [3.8, 4) is 17.2 Å². The first kappa shape index (κ1) is 21.6. The van der Waals surface area contributed by atoms with Gasteiger partial charge in [-0.25, -0.2) is 9.67 Å². The molecule has 8 nitrogen and oxygen atoms in total. The maximum Gasteiger partial charge on any atom is 0.268 e. The minimum absolute atomic E-state index is 0.190. The van der Waals surface area contributed by atoms with E-state index in [1.54, 1.807) is 41.1 Å². The van der Waals surface area contributed by atoms with Gasteiger partial charge in [-0.15, -0.1) is 16.4 Å². The van der Waals surface area contributed by atoms with E-state index in [-0.39, 0.29) is 18.6 Å². The van der Waals surface area contributed by atoms with Crippen molar-refractivity contribution in [3.05, 3.63) is 80.2 Å². The number of hydrogen-bond acceptors (Lipinski definition) is 7. The van der Waals surface area contributed by atoms with E-state index < -0.39 is 0 Å². The van der Waals surface area contributed by atoms with Gasteiger partial charge in [-0.3, -0.25) is 10.1 Å². The zero-order chi connectivity index (χ0) is 22.8. The van der Waals surface area contributed by atoms with Crippen LogP contribution in [-0.2, 0) is 13.2 Å². The van der Waals surface area contributed by atoms with E-state index in [0.29, 0.717) is 45.3 Å². The summed E-state index contributed by atoms with van der Waals surface area (Å²) in [4.78, 5) is 17.3. The molecule has 0 bridgehead atoms. The van der Waals surface area contributed by atoms with E-state index in [9.17, 15) is 4.79 Å². The second kappa shape index (κ2) is 9.30. The molecule has 2 aromatic heterocycles. The molecular formula is C22H16Cl2N4O4S. The number of carbonyl (C=O) groups excluding carboxylic acids is 1. The number of thiophene rings is 1. The van der Waals surface area contributed by atoms with Crippen LogP contribution >= 0.6 is 34.5 Å². The van der Waals surface area contributed by atoms with Crippen LogP contribution in [0.3, 0.4) is 0 Å². The number of rotatable bonds is 7. The molecule has 168 valence electrons. The van der Waals surface area contributed by atoms with Crippen molar-refractivity contribution >= 4 is 46.4 Å². The van der Waals surface area contributed by atoms with Gasteiger partial charge in [0.2, 0.25) is 12.7 Å². The summed E-state index contributed by atoms with van der Waals surface area (Å²) < 4.78 is 18.0. The summed E-state index contributed by atoms with van der Waals surface area (Å²) in [6.45, 7) is 0.860. The zero-order valence-corrected chi connectivity index (χ0v) is 19.3. The summed E-state index contributed by atoms with van der Waals surface area (Å²) in [5.74, 6) is 1.90. The van der Waals surface area contributed by atoms with E-state index >= 15 is 0 Å². The fourth-order valence-corrected chi connectivity index (χ4v) is 4.45. The van der Waals surface area contributed by atoms with Crippen LogP contribution in [-0.4, -0.2) is 27.5 Å². The van der Waals surface area contributed by atoms with Gasteiger partial charge in [-0.05, 0) is 35.7 Å². The summed E-state index contributed by atoms with van der Waals surface area (Å²) in [5.41, 5.74) is 1.60. The van der Waals surface area contributed by atoms with Gasteiger partial charge in [0.15, 0.2) is 11.5 Å². The van der Waals surface area contributed by atoms with Crippen molar-refractivity contribution in [2.24, 2.45) is 0 Å². The largest absolute Gasteiger partial charge is 0.489 e. The number of amides is 1. The number of ether oxygens (including phenoxy) is 3. The molecule has 0 atom stereocenters. The van der Waals surface area contributed by atoms with Gasteiger partial charge in [0.05, 0.1) is 11.4 Å². The zero-order valence-electron chi connectivity index (χ0n) is 17.0. The number of nitrogens with zero attached hydrogens (tertiary/aromatic N) is 3. The standard InChI is InChI=1S/C22H16Cl2N4O4S/c23-16-2-1-3-17(24)15(16)8-28-11-25-22(27-28)26-21(29)20-6-13(10-33-20)9-30-14-4-5-18-19(7-14)32-12-31-18/h1-7,10-11H,8-9,12H2,(H,26,27,29). The molecule has 0 fully saturated rings. The van der Waals surface area contributed by atoms with E-state index in [4.69, 9.17) is 37.4 Å². The van der Waals surface area contributed by atoms with Crippen LogP contribution in [0.1, 0.15) is 20.8 Å². The Morgan fingerprint density at radius 3 is 2.82 bits per heavy atom. The molecule has 11 heteroatoms. The van der Waals surface area contributed by atoms with Crippen LogP contribution in [0.25, 0.3) is 0 Å². The Morgan fingerprint density at radius 1 is 1.15 bits per heavy atom. The maximum absolute atomic E-state index is 12.6. The minimum Gasteiger partial charge on any atom is -0.489 e. The van der Waals surface area contributed by atoms with Crippen molar-refractivity contribution in [1.82, 2.24) is 14.8 Å². The Bertz CT molecular complexity index is 1300. The van der Waals surface area contributed by atoms with Gasteiger partial charge < -0.3 is 14.2 Å². The van der Waals surface area contributed by atoms with Gasteiger partial charge in [0, 0.05) is 27.2 Å². The molecule has 33 heavy (non-hydrogen) atoms. The van der Waals surface area contributed by atoms with Crippen LogP contribution < -0.4 is 19.5 Å². The molecule has 0 saturated carbocycles. The molecule has 1 amide bonds. The lowest BCUT2D eigenvalue weighted by Gasteiger charge is -2.06. The third-order valence-electron chi connectivity index (χ3n) is 4.77. The molecule has 1 aliphatic rings. The molecule has 0 saturated heterocycles. The molecule has 1 N–H and O–H groups in total. The lowest BCUT2D eigenvalue weighted by atomic mass is 10.2. The predicted octanol–water partition coefficient (Wildman–Crippen LogP) is 5.25. The molecule has 5 rings (SSSR count). The Balaban J connectivity index is 1.18. The first-order valence-electron chi connectivity index (χ1n) is 9.79. The summed E-state index contributed by atoms with van der Waals surface area (Å²) in [5, 5.41) is 9.93. The molecule has 2 aromatic carbocycles. The molecule has 3 heterocycles. The van der Waals surface area contributed by atoms with Gasteiger partial charge in [0.1, 0.15) is 18.7 Å². The van der Waals surface area contributed by atoms with Crippen molar-refractivity contribution < 1.29 is 19.0 Å². The second-order valence-electron chi connectivity index (χ2n) is 7.04. The summed E-state index contributed by atoms with van der Waals surface area (Å²) in [6, 6.07) is 12.4. The second-order valence-corrected chi connectivity index (χ2v) is 8.77. The monoisotopic (exact) mass is 502 g/mol. The minimum atomic E-state index is -0.303. The molecule has 0 radical (unpaired) electrons. The van der Waals surface area contributed by atoms with Crippen molar-refractivity contribution in [1.29, 1.82) is 0 Å².